The van der Waals surface area contributed by atoms with E-state index in [0.717, 1.165) is 13.0 Å². The standard InChI is InChI=1S/C12H19N3O3/c1-14(6-3-5-13)11(16)9-15-7-2-4-10(8-15)12(17)18/h10H,2-4,6-9H2,1H3,(H,17,18). The van der Waals surface area contributed by atoms with Crippen molar-refractivity contribution in [3.8, 4) is 6.07 Å². The highest BCUT2D eigenvalue weighted by Crippen LogP contribution is 2.16. The van der Waals surface area contributed by atoms with Gasteiger partial charge in [0.05, 0.1) is 25.0 Å². The van der Waals surface area contributed by atoms with Crippen LogP contribution in [0.15, 0.2) is 0 Å². The fourth-order valence-electron chi connectivity index (χ4n) is 2.06. The summed E-state index contributed by atoms with van der Waals surface area (Å²) >= 11 is 0. The van der Waals surface area contributed by atoms with Crippen molar-refractivity contribution in [2.45, 2.75) is 19.3 Å². The number of carboxylic acids is 1. The van der Waals surface area contributed by atoms with Crippen LogP contribution in [0, 0.1) is 17.2 Å². The second-order valence-corrected chi connectivity index (χ2v) is 4.64. The van der Waals surface area contributed by atoms with Crippen LogP contribution < -0.4 is 0 Å². The first kappa shape index (κ1) is 14.5. The minimum atomic E-state index is -0.787. The Morgan fingerprint density at radius 3 is 2.89 bits per heavy atom. The molecule has 0 spiro atoms. The van der Waals surface area contributed by atoms with Gasteiger partial charge in [0.2, 0.25) is 5.91 Å². The SMILES string of the molecule is CN(CCC#N)C(=O)CN1CCCC(C(=O)O)C1. The Balaban J connectivity index is 2.39. The molecular weight excluding hydrogens is 234 g/mol. The molecule has 1 N–H and O–H groups in total. The van der Waals surface area contributed by atoms with Gasteiger partial charge in [-0.25, -0.2) is 0 Å². The minimum absolute atomic E-state index is 0.0590. The van der Waals surface area contributed by atoms with Crippen molar-refractivity contribution >= 4 is 11.9 Å². The van der Waals surface area contributed by atoms with Gasteiger partial charge in [-0.2, -0.15) is 5.26 Å². The molecule has 18 heavy (non-hydrogen) atoms. The van der Waals surface area contributed by atoms with E-state index in [2.05, 4.69) is 0 Å². The highest BCUT2D eigenvalue weighted by molar-refractivity contribution is 5.78. The number of hydrogen-bond donors (Lipinski definition) is 1. The summed E-state index contributed by atoms with van der Waals surface area (Å²) in [6.45, 7) is 1.87. The van der Waals surface area contributed by atoms with Crippen LogP contribution in [-0.2, 0) is 9.59 Å². The Labute approximate surface area is 107 Å². The van der Waals surface area contributed by atoms with Crippen molar-refractivity contribution in [3.63, 3.8) is 0 Å². The van der Waals surface area contributed by atoms with Crippen LogP contribution >= 0.6 is 0 Å². The summed E-state index contributed by atoms with van der Waals surface area (Å²) in [5.74, 6) is -1.21. The van der Waals surface area contributed by atoms with E-state index in [4.69, 9.17) is 10.4 Å². The highest BCUT2D eigenvalue weighted by atomic mass is 16.4. The second-order valence-electron chi connectivity index (χ2n) is 4.64. The van der Waals surface area contributed by atoms with Crippen LogP contribution in [0.5, 0.6) is 0 Å². The lowest BCUT2D eigenvalue weighted by molar-refractivity contribution is -0.144. The lowest BCUT2D eigenvalue weighted by Gasteiger charge is -2.31. The normalized spacial score (nSPS) is 20.1. The summed E-state index contributed by atoms with van der Waals surface area (Å²) in [6, 6.07) is 1.99. The van der Waals surface area contributed by atoms with Crippen molar-refractivity contribution in [3.05, 3.63) is 0 Å². The van der Waals surface area contributed by atoms with Gasteiger partial charge in [-0.3, -0.25) is 14.5 Å². The van der Waals surface area contributed by atoms with Crippen molar-refractivity contribution in [2.75, 3.05) is 33.2 Å². The molecule has 0 aromatic rings. The molecule has 0 aromatic carbocycles. The van der Waals surface area contributed by atoms with E-state index in [1.807, 2.05) is 11.0 Å². The van der Waals surface area contributed by atoms with Crippen molar-refractivity contribution in [1.29, 1.82) is 5.26 Å². The molecule has 1 unspecified atom stereocenters. The van der Waals surface area contributed by atoms with E-state index in [0.29, 0.717) is 25.9 Å². The number of carboxylic acid groups (broad SMARTS) is 1. The molecule has 1 saturated heterocycles. The van der Waals surface area contributed by atoms with Crippen LogP contribution in [0.2, 0.25) is 0 Å². The lowest BCUT2D eigenvalue weighted by atomic mass is 9.98. The van der Waals surface area contributed by atoms with E-state index in [1.165, 1.54) is 4.90 Å². The molecule has 1 rings (SSSR count). The molecule has 0 saturated carbocycles. The van der Waals surface area contributed by atoms with Crippen LogP contribution in [0.4, 0.5) is 0 Å². The first-order valence-electron chi connectivity index (χ1n) is 6.10. The maximum Gasteiger partial charge on any atom is 0.307 e. The molecule has 1 fully saturated rings. The van der Waals surface area contributed by atoms with Gasteiger partial charge in [0.25, 0.3) is 0 Å². The number of likely N-dealkylation sites (N-methyl/N-ethyl adjacent to an activating group) is 1. The third-order valence-electron chi connectivity index (χ3n) is 3.20. The molecule has 0 aromatic heterocycles. The number of hydrogen-bond acceptors (Lipinski definition) is 4. The zero-order chi connectivity index (χ0) is 13.5. The topological polar surface area (TPSA) is 84.6 Å². The summed E-state index contributed by atoms with van der Waals surface area (Å²) < 4.78 is 0. The third-order valence-corrected chi connectivity index (χ3v) is 3.20. The summed E-state index contributed by atoms with van der Waals surface area (Å²) in [4.78, 5) is 26.1. The molecule has 1 aliphatic heterocycles. The maximum absolute atomic E-state index is 11.8. The predicted molar refractivity (Wildman–Crippen MR) is 64.7 cm³/mol. The quantitative estimate of drug-likeness (QED) is 0.754. The average Bonchev–Trinajstić information content (AvgIpc) is 2.36. The molecular formula is C12H19N3O3. The molecule has 1 heterocycles. The number of nitriles is 1. The number of aliphatic carboxylic acids is 1. The zero-order valence-electron chi connectivity index (χ0n) is 10.6. The van der Waals surface area contributed by atoms with Crippen LogP contribution in [-0.4, -0.2) is 60.0 Å². The van der Waals surface area contributed by atoms with Gasteiger partial charge in [-0.15, -0.1) is 0 Å². The fourth-order valence-corrected chi connectivity index (χ4v) is 2.06. The Bertz CT molecular complexity index is 351. The van der Waals surface area contributed by atoms with Gasteiger partial charge in [0.15, 0.2) is 0 Å². The van der Waals surface area contributed by atoms with Gasteiger partial charge in [0, 0.05) is 20.1 Å². The van der Waals surface area contributed by atoms with E-state index in [-0.39, 0.29) is 18.4 Å². The largest absolute Gasteiger partial charge is 0.481 e. The van der Waals surface area contributed by atoms with Gasteiger partial charge in [-0.05, 0) is 19.4 Å². The number of likely N-dealkylation sites (tertiary alicyclic amines) is 1. The Morgan fingerprint density at radius 2 is 2.28 bits per heavy atom. The van der Waals surface area contributed by atoms with Gasteiger partial charge >= 0.3 is 5.97 Å². The number of rotatable bonds is 5. The second kappa shape index (κ2) is 6.97. The van der Waals surface area contributed by atoms with Crippen molar-refractivity contribution < 1.29 is 14.7 Å². The lowest BCUT2D eigenvalue weighted by Crippen LogP contribution is -2.44. The molecule has 1 aliphatic rings. The van der Waals surface area contributed by atoms with E-state index < -0.39 is 5.97 Å². The first-order valence-corrected chi connectivity index (χ1v) is 6.10. The van der Waals surface area contributed by atoms with Crippen molar-refractivity contribution in [1.82, 2.24) is 9.80 Å². The number of carbonyl (C=O) groups is 2. The molecule has 1 amide bonds. The van der Waals surface area contributed by atoms with Crippen molar-refractivity contribution in [2.24, 2.45) is 5.92 Å². The molecule has 0 radical (unpaired) electrons. The summed E-state index contributed by atoms with van der Waals surface area (Å²) in [7, 11) is 1.66. The average molecular weight is 253 g/mol. The molecule has 6 heteroatoms. The van der Waals surface area contributed by atoms with Gasteiger partial charge in [0.1, 0.15) is 0 Å². The highest BCUT2D eigenvalue weighted by Gasteiger charge is 2.26. The maximum atomic E-state index is 11.8. The van der Waals surface area contributed by atoms with Gasteiger partial charge < -0.3 is 10.0 Å². The molecule has 6 nitrogen and oxygen atoms in total. The van der Waals surface area contributed by atoms with Crippen LogP contribution in [0.3, 0.4) is 0 Å². The Morgan fingerprint density at radius 1 is 1.56 bits per heavy atom. The fraction of sp³-hybridized carbons (Fsp3) is 0.750. The molecule has 0 aliphatic carbocycles. The Hall–Kier alpha value is -1.61. The molecule has 1 atom stereocenters. The minimum Gasteiger partial charge on any atom is -0.481 e. The summed E-state index contributed by atoms with van der Waals surface area (Å²) in [5.41, 5.74) is 0. The third kappa shape index (κ3) is 4.34. The van der Waals surface area contributed by atoms with E-state index in [9.17, 15) is 9.59 Å². The van der Waals surface area contributed by atoms with Crippen LogP contribution in [0.1, 0.15) is 19.3 Å². The number of amides is 1. The zero-order valence-corrected chi connectivity index (χ0v) is 10.6. The number of nitrogens with zero attached hydrogens (tertiary/aromatic N) is 3. The predicted octanol–water partition coefficient (Wildman–Crippen LogP) is 0.155. The smallest absolute Gasteiger partial charge is 0.307 e. The first-order chi connectivity index (χ1) is 8.54. The summed E-state index contributed by atoms with van der Waals surface area (Å²) in [6.07, 6.45) is 1.82. The van der Waals surface area contributed by atoms with Crippen LogP contribution in [0.25, 0.3) is 0 Å². The van der Waals surface area contributed by atoms with Gasteiger partial charge in [-0.1, -0.05) is 0 Å². The van der Waals surface area contributed by atoms with E-state index >= 15 is 0 Å². The molecule has 100 valence electrons. The number of carbonyl (C=O) groups excluding carboxylic acids is 1. The summed E-state index contributed by atoms with van der Waals surface area (Å²) in [5, 5.41) is 17.4. The molecule has 0 bridgehead atoms. The monoisotopic (exact) mass is 253 g/mol. The Kier molecular flexibility index (Phi) is 5.59. The van der Waals surface area contributed by atoms with E-state index in [1.54, 1.807) is 7.05 Å². The number of piperidine rings is 1.